The van der Waals surface area contributed by atoms with Gasteiger partial charge < -0.3 is 18.9 Å². The highest BCUT2D eigenvalue weighted by Gasteiger charge is 2.15. The summed E-state index contributed by atoms with van der Waals surface area (Å²) in [4.78, 5) is 12.3. The molecule has 116 valence electrons. The van der Waals surface area contributed by atoms with Crippen LogP contribution >= 0.6 is 0 Å². The van der Waals surface area contributed by atoms with Crippen LogP contribution in [0.25, 0.3) is 6.08 Å². The average molecular weight is 310 g/mol. The van der Waals surface area contributed by atoms with E-state index in [1.54, 1.807) is 24.3 Å². The summed E-state index contributed by atoms with van der Waals surface area (Å²) in [5, 5.41) is 0. The fourth-order valence-electron chi connectivity index (χ4n) is 2.48. The Kier molecular flexibility index (Phi) is 3.38. The highest BCUT2D eigenvalue weighted by Crippen LogP contribution is 2.33. The molecule has 0 unspecified atom stereocenters. The zero-order chi connectivity index (χ0) is 15.6. The lowest BCUT2D eigenvalue weighted by molar-refractivity contribution is 0.104. The third kappa shape index (κ3) is 2.73. The van der Waals surface area contributed by atoms with E-state index in [-0.39, 0.29) is 12.6 Å². The molecule has 2 aliphatic heterocycles. The van der Waals surface area contributed by atoms with Crippen molar-refractivity contribution < 1.29 is 23.7 Å². The third-order valence-electron chi connectivity index (χ3n) is 3.65. The Balaban J connectivity index is 1.53. The maximum absolute atomic E-state index is 12.3. The van der Waals surface area contributed by atoms with Crippen LogP contribution in [0.2, 0.25) is 0 Å². The molecular weight excluding hydrogens is 296 g/mol. The van der Waals surface area contributed by atoms with Crippen molar-refractivity contribution in [2.75, 3.05) is 20.0 Å². The maximum Gasteiger partial charge on any atom is 0.231 e. The van der Waals surface area contributed by atoms with Crippen molar-refractivity contribution in [2.45, 2.75) is 0 Å². The van der Waals surface area contributed by atoms with Crippen molar-refractivity contribution in [1.82, 2.24) is 0 Å². The number of benzene rings is 2. The molecular formula is C18H14O5. The Morgan fingerprint density at radius 1 is 0.826 bits per heavy atom. The number of carbonyl (C=O) groups is 1. The first-order valence-corrected chi connectivity index (χ1v) is 7.31. The van der Waals surface area contributed by atoms with Crippen molar-refractivity contribution >= 4 is 11.9 Å². The fraction of sp³-hybridized carbons (Fsp3) is 0.167. The third-order valence-corrected chi connectivity index (χ3v) is 3.65. The number of hydrogen-bond acceptors (Lipinski definition) is 5. The lowest BCUT2D eigenvalue weighted by Gasteiger charge is -2.18. The van der Waals surface area contributed by atoms with E-state index in [1.165, 1.54) is 6.08 Å². The Bertz CT molecular complexity index is 794. The van der Waals surface area contributed by atoms with Gasteiger partial charge in [0.05, 0.1) is 0 Å². The molecule has 5 heteroatoms. The summed E-state index contributed by atoms with van der Waals surface area (Å²) in [5.41, 5.74) is 1.44. The fourth-order valence-corrected chi connectivity index (χ4v) is 2.48. The molecule has 0 N–H and O–H groups in total. The summed E-state index contributed by atoms with van der Waals surface area (Å²) >= 11 is 0. The number of carbonyl (C=O) groups excluding carboxylic acids is 1. The van der Waals surface area contributed by atoms with Crippen LogP contribution in [0.15, 0.2) is 42.5 Å². The van der Waals surface area contributed by atoms with Crippen LogP contribution in [0, 0.1) is 0 Å². The topological polar surface area (TPSA) is 54.0 Å². The van der Waals surface area contributed by atoms with Gasteiger partial charge in [-0.2, -0.15) is 0 Å². The van der Waals surface area contributed by atoms with Gasteiger partial charge in [-0.1, -0.05) is 12.1 Å². The van der Waals surface area contributed by atoms with Gasteiger partial charge in [-0.15, -0.1) is 0 Å². The van der Waals surface area contributed by atoms with E-state index in [9.17, 15) is 4.79 Å². The minimum absolute atomic E-state index is 0.0989. The molecule has 0 amide bonds. The molecule has 5 nitrogen and oxygen atoms in total. The second-order valence-corrected chi connectivity index (χ2v) is 5.17. The molecule has 0 saturated carbocycles. The molecule has 0 aliphatic carbocycles. The smallest absolute Gasteiger partial charge is 0.231 e. The van der Waals surface area contributed by atoms with Crippen LogP contribution < -0.4 is 18.9 Å². The van der Waals surface area contributed by atoms with Crippen molar-refractivity contribution in [2.24, 2.45) is 0 Å². The van der Waals surface area contributed by atoms with Crippen LogP contribution in [0.3, 0.4) is 0 Å². The molecule has 2 aromatic carbocycles. The minimum atomic E-state index is -0.0989. The quantitative estimate of drug-likeness (QED) is 0.644. The normalized spacial score (nSPS) is 15.0. The number of fused-ring (bicyclic) bond motifs is 2. The van der Waals surface area contributed by atoms with Gasteiger partial charge in [0.25, 0.3) is 0 Å². The summed E-state index contributed by atoms with van der Waals surface area (Å²) in [6, 6.07) is 10.8. The van der Waals surface area contributed by atoms with Crippen LogP contribution in [-0.2, 0) is 0 Å². The molecule has 0 spiro atoms. The average Bonchev–Trinajstić information content (AvgIpc) is 3.07. The van der Waals surface area contributed by atoms with Crippen molar-refractivity contribution in [3.05, 3.63) is 53.6 Å². The van der Waals surface area contributed by atoms with Crippen LogP contribution in [0.1, 0.15) is 15.9 Å². The molecule has 4 rings (SSSR count). The molecule has 0 radical (unpaired) electrons. The van der Waals surface area contributed by atoms with Crippen molar-refractivity contribution in [1.29, 1.82) is 0 Å². The number of hydrogen-bond donors (Lipinski definition) is 0. The standard InChI is InChI=1S/C18H14O5/c19-14(13-3-6-16-18(10-13)23-11-22-16)4-1-12-2-5-15-17(9-12)21-8-7-20-15/h1-6,9-10H,7-8,11H2. The maximum atomic E-state index is 12.3. The van der Waals surface area contributed by atoms with Gasteiger partial charge in [-0.3, -0.25) is 4.79 Å². The number of allylic oxidation sites excluding steroid dienone is 1. The summed E-state index contributed by atoms with van der Waals surface area (Å²) in [6.45, 7) is 1.29. The molecule has 2 aliphatic rings. The van der Waals surface area contributed by atoms with Crippen LogP contribution in [0.4, 0.5) is 0 Å². The van der Waals surface area contributed by atoms with E-state index in [2.05, 4.69) is 0 Å². The van der Waals surface area contributed by atoms with E-state index >= 15 is 0 Å². The van der Waals surface area contributed by atoms with E-state index in [4.69, 9.17) is 18.9 Å². The first-order chi connectivity index (χ1) is 11.3. The Labute approximate surface area is 133 Å². The largest absolute Gasteiger partial charge is 0.486 e. The monoisotopic (exact) mass is 310 g/mol. The molecule has 0 aromatic heterocycles. The number of ketones is 1. The molecule has 0 atom stereocenters. The van der Waals surface area contributed by atoms with Gasteiger partial charge in [0.2, 0.25) is 6.79 Å². The molecule has 2 heterocycles. The van der Waals surface area contributed by atoms with Gasteiger partial charge in [-0.25, -0.2) is 0 Å². The van der Waals surface area contributed by atoms with Crippen molar-refractivity contribution in [3.63, 3.8) is 0 Å². The van der Waals surface area contributed by atoms with E-state index in [0.29, 0.717) is 36.0 Å². The predicted molar refractivity (Wildman–Crippen MR) is 83.4 cm³/mol. The first kappa shape index (κ1) is 13.7. The first-order valence-electron chi connectivity index (χ1n) is 7.31. The zero-order valence-corrected chi connectivity index (χ0v) is 12.3. The Hall–Kier alpha value is -2.95. The highest BCUT2D eigenvalue weighted by molar-refractivity contribution is 6.07. The van der Waals surface area contributed by atoms with Gasteiger partial charge in [0.1, 0.15) is 13.2 Å². The number of rotatable bonds is 3. The van der Waals surface area contributed by atoms with E-state index in [0.717, 1.165) is 11.3 Å². The lowest BCUT2D eigenvalue weighted by Crippen LogP contribution is -2.15. The molecule has 2 aromatic rings. The second-order valence-electron chi connectivity index (χ2n) is 5.17. The van der Waals surface area contributed by atoms with E-state index < -0.39 is 0 Å². The predicted octanol–water partition coefficient (Wildman–Crippen LogP) is 3.08. The summed E-state index contributed by atoms with van der Waals surface area (Å²) in [5.74, 6) is 2.60. The minimum Gasteiger partial charge on any atom is -0.486 e. The van der Waals surface area contributed by atoms with E-state index in [1.807, 2.05) is 18.2 Å². The second kappa shape index (κ2) is 5.68. The van der Waals surface area contributed by atoms with Gasteiger partial charge in [0.15, 0.2) is 28.8 Å². The van der Waals surface area contributed by atoms with Crippen LogP contribution in [0.5, 0.6) is 23.0 Å². The Morgan fingerprint density at radius 3 is 2.43 bits per heavy atom. The van der Waals surface area contributed by atoms with Gasteiger partial charge >= 0.3 is 0 Å². The van der Waals surface area contributed by atoms with Gasteiger partial charge in [0, 0.05) is 5.56 Å². The lowest BCUT2D eigenvalue weighted by atomic mass is 10.1. The van der Waals surface area contributed by atoms with Gasteiger partial charge in [-0.05, 0) is 42.0 Å². The summed E-state index contributed by atoms with van der Waals surface area (Å²) in [6.07, 6.45) is 3.29. The Morgan fingerprint density at radius 2 is 1.52 bits per heavy atom. The van der Waals surface area contributed by atoms with Crippen molar-refractivity contribution in [3.8, 4) is 23.0 Å². The molecule has 0 fully saturated rings. The zero-order valence-electron chi connectivity index (χ0n) is 12.3. The van der Waals surface area contributed by atoms with Crippen LogP contribution in [-0.4, -0.2) is 25.8 Å². The summed E-state index contributed by atoms with van der Waals surface area (Å²) in [7, 11) is 0. The number of ether oxygens (including phenoxy) is 4. The summed E-state index contributed by atoms with van der Waals surface area (Å²) < 4.78 is 21.5. The molecule has 23 heavy (non-hydrogen) atoms. The molecule has 0 saturated heterocycles. The SMILES string of the molecule is O=C(C=Cc1ccc2c(c1)OCCO2)c1ccc2c(c1)OCO2. The highest BCUT2D eigenvalue weighted by atomic mass is 16.7. The molecule has 0 bridgehead atoms.